The summed E-state index contributed by atoms with van der Waals surface area (Å²) >= 11 is 0. The van der Waals surface area contributed by atoms with Gasteiger partial charge in [0, 0.05) is 45.7 Å². The second-order valence-electron chi connectivity index (χ2n) is 7.19. The number of aliphatic imine (C=N–C) groups is 1. The number of carbonyl (C=O) groups excluding carboxylic acids is 2. The van der Waals surface area contributed by atoms with Crippen molar-refractivity contribution in [2.24, 2.45) is 4.99 Å². The maximum absolute atomic E-state index is 12.4. The average Bonchev–Trinajstić information content (AvgIpc) is 2.70. The molecule has 3 rings (SSSR count). The molecule has 1 atom stereocenters. The zero-order valence-corrected chi connectivity index (χ0v) is 19.6. The number of benzene rings is 1. The van der Waals surface area contributed by atoms with Crippen molar-refractivity contribution < 1.29 is 14.3 Å². The largest absolute Gasteiger partial charge is 0.493 e. The third kappa shape index (κ3) is 5.74. The molecule has 2 heterocycles. The number of likely N-dealkylation sites (N-methyl/N-ethyl adjacent to an activating group) is 2. The van der Waals surface area contributed by atoms with Gasteiger partial charge in [-0.3, -0.25) is 9.59 Å². The normalized spacial score (nSPS) is 19.1. The van der Waals surface area contributed by atoms with Crippen molar-refractivity contribution in [3.8, 4) is 5.75 Å². The standard InChI is InChI=1S/C20H29N5O3.HI/c1-4-24-10-11-25(14-19(24)27)20(21-13-18(26)23(2)3)22-16-9-12-28-17-8-6-5-7-15(16)17;/h5-8,16H,4,9-14H2,1-3H3,(H,21,22);1H. The third-order valence-corrected chi connectivity index (χ3v) is 5.12. The van der Waals surface area contributed by atoms with E-state index in [1.54, 1.807) is 14.1 Å². The van der Waals surface area contributed by atoms with Crippen LogP contribution < -0.4 is 10.1 Å². The van der Waals surface area contributed by atoms with Crippen LogP contribution in [0.5, 0.6) is 5.75 Å². The Morgan fingerprint density at radius 3 is 2.76 bits per heavy atom. The predicted molar refractivity (Wildman–Crippen MR) is 123 cm³/mol. The van der Waals surface area contributed by atoms with Gasteiger partial charge in [0.2, 0.25) is 11.8 Å². The molecule has 0 radical (unpaired) electrons. The Hall–Kier alpha value is -2.04. The number of amides is 2. The van der Waals surface area contributed by atoms with Gasteiger partial charge in [0.05, 0.1) is 19.2 Å². The van der Waals surface area contributed by atoms with Crippen LogP contribution in [0.2, 0.25) is 0 Å². The summed E-state index contributed by atoms with van der Waals surface area (Å²) in [6.07, 6.45) is 0.792. The molecule has 2 aliphatic rings. The lowest BCUT2D eigenvalue weighted by Gasteiger charge is -2.37. The number of hydrogen-bond donors (Lipinski definition) is 1. The van der Waals surface area contributed by atoms with E-state index in [-0.39, 0.29) is 54.9 Å². The summed E-state index contributed by atoms with van der Waals surface area (Å²) in [5.41, 5.74) is 1.07. The molecule has 1 aromatic carbocycles. The number of piperazine rings is 1. The van der Waals surface area contributed by atoms with Crippen molar-refractivity contribution in [3.63, 3.8) is 0 Å². The van der Waals surface area contributed by atoms with Gasteiger partial charge in [0.1, 0.15) is 12.3 Å². The van der Waals surface area contributed by atoms with Crippen LogP contribution in [-0.2, 0) is 9.59 Å². The van der Waals surface area contributed by atoms with Gasteiger partial charge in [-0.05, 0) is 13.0 Å². The van der Waals surface area contributed by atoms with E-state index in [4.69, 9.17) is 4.74 Å². The molecule has 9 heteroatoms. The maximum atomic E-state index is 12.4. The molecule has 160 valence electrons. The monoisotopic (exact) mass is 515 g/mol. The Bertz CT molecular complexity index is 755. The van der Waals surface area contributed by atoms with Crippen LogP contribution in [0.1, 0.15) is 24.9 Å². The van der Waals surface area contributed by atoms with Crippen molar-refractivity contribution in [1.29, 1.82) is 0 Å². The first-order valence-electron chi connectivity index (χ1n) is 9.75. The Labute approximate surface area is 189 Å². The van der Waals surface area contributed by atoms with E-state index in [1.165, 1.54) is 4.90 Å². The van der Waals surface area contributed by atoms with Gasteiger partial charge in [-0.25, -0.2) is 4.99 Å². The van der Waals surface area contributed by atoms with E-state index < -0.39 is 0 Å². The van der Waals surface area contributed by atoms with E-state index in [0.717, 1.165) is 17.7 Å². The van der Waals surface area contributed by atoms with Gasteiger partial charge in [0.15, 0.2) is 5.96 Å². The fourth-order valence-electron chi connectivity index (χ4n) is 3.39. The summed E-state index contributed by atoms with van der Waals surface area (Å²) < 4.78 is 5.74. The van der Waals surface area contributed by atoms with Gasteiger partial charge in [0.25, 0.3) is 0 Å². The zero-order chi connectivity index (χ0) is 20.1. The molecular weight excluding hydrogens is 485 g/mol. The quantitative estimate of drug-likeness (QED) is 0.372. The fourth-order valence-corrected chi connectivity index (χ4v) is 3.39. The molecule has 2 aliphatic heterocycles. The van der Waals surface area contributed by atoms with Crippen LogP contribution >= 0.6 is 24.0 Å². The predicted octanol–water partition coefficient (Wildman–Crippen LogP) is 1.33. The number of rotatable bonds is 4. The van der Waals surface area contributed by atoms with Crippen LogP contribution in [-0.4, -0.2) is 85.9 Å². The number of ether oxygens (including phenoxy) is 1. The first-order chi connectivity index (χ1) is 13.5. The van der Waals surface area contributed by atoms with Crippen molar-refractivity contribution in [3.05, 3.63) is 29.8 Å². The zero-order valence-electron chi connectivity index (χ0n) is 17.3. The minimum Gasteiger partial charge on any atom is -0.493 e. The SMILES string of the molecule is CCN1CCN(C(=NCC(=O)N(C)C)NC2CCOc3ccccc32)CC1=O.I. The number of para-hydroxylation sites is 1. The molecule has 0 bridgehead atoms. The molecular formula is C20H30IN5O3. The van der Waals surface area contributed by atoms with Crippen LogP contribution in [0.15, 0.2) is 29.3 Å². The van der Waals surface area contributed by atoms with Crippen molar-refractivity contribution >= 4 is 41.8 Å². The van der Waals surface area contributed by atoms with Crippen molar-refractivity contribution in [2.45, 2.75) is 19.4 Å². The second-order valence-corrected chi connectivity index (χ2v) is 7.19. The number of halogens is 1. The van der Waals surface area contributed by atoms with Gasteiger partial charge in [-0.2, -0.15) is 0 Å². The summed E-state index contributed by atoms with van der Waals surface area (Å²) in [7, 11) is 3.42. The highest BCUT2D eigenvalue weighted by atomic mass is 127. The number of fused-ring (bicyclic) bond motifs is 1. The summed E-state index contributed by atoms with van der Waals surface area (Å²) in [6.45, 7) is 4.95. The highest BCUT2D eigenvalue weighted by Gasteiger charge is 2.28. The topological polar surface area (TPSA) is 77.5 Å². The molecule has 1 aromatic rings. The van der Waals surface area contributed by atoms with E-state index in [2.05, 4.69) is 10.3 Å². The summed E-state index contributed by atoms with van der Waals surface area (Å²) in [6, 6.07) is 7.96. The molecule has 1 unspecified atom stereocenters. The van der Waals surface area contributed by atoms with Crippen molar-refractivity contribution in [2.75, 3.05) is 53.4 Å². The molecule has 1 saturated heterocycles. The Balaban J connectivity index is 0.00000300. The molecule has 0 saturated carbocycles. The smallest absolute Gasteiger partial charge is 0.243 e. The lowest BCUT2D eigenvalue weighted by molar-refractivity contribution is -0.134. The van der Waals surface area contributed by atoms with Gasteiger partial charge < -0.3 is 24.8 Å². The lowest BCUT2D eigenvalue weighted by atomic mass is 10.0. The fraction of sp³-hybridized carbons (Fsp3) is 0.550. The molecule has 1 N–H and O–H groups in total. The number of carbonyl (C=O) groups is 2. The highest BCUT2D eigenvalue weighted by molar-refractivity contribution is 14.0. The molecule has 0 aromatic heterocycles. The minimum atomic E-state index is -0.0785. The molecule has 8 nitrogen and oxygen atoms in total. The van der Waals surface area contributed by atoms with Crippen LogP contribution in [0, 0.1) is 0 Å². The molecule has 29 heavy (non-hydrogen) atoms. The first-order valence-corrected chi connectivity index (χ1v) is 9.75. The Kier molecular flexibility index (Phi) is 8.54. The van der Waals surface area contributed by atoms with Crippen molar-refractivity contribution in [1.82, 2.24) is 20.0 Å². The summed E-state index contributed by atoms with van der Waals surface area (Å²) in [5.74, 6) is 1.46. The molecule has 1 fully saturated rings. The lowest BCUT2D eigenvalue weighted by Crippen LogP contribution is -2.55. The van der Waals surface area contributed by atoms with Gasteiger partial charge >= 0.3 is 0 Å². The van der Waals surface area contributed by atoms with E-state index in [1.807, 2.05) is 41.0 Å². The van der Waals surface area contributed by atoms with E-state index in [9.17, 15) is 9.59 Å². The molecule has 0 spiro atoms. The average molecular weight is 515 g/mol. The third-order valence-electron chi connectivity index (χ3n) is 5.12. The minimum absolute atomic E-state index is 0. The summed E-state index contributed by atoms with van der Waals surface area (Å²) in [4.78, 5) is 34.3. The van der Waals surface area contributed by atoms with E-state index >= 15 is 0 Å². The number of nitrogens with zero attached hydrogens (tertiary/aromatic N) is 4. The van der Waals surface area contributed by atoms with Crippen LogP contribution in [0.4, 0.5) is 0 Å². The Morgan fingerprint density at radius 1 is 1.31 bits per heavy atom. The first kappa shape index (κ1) is 23.2. The van der Waals surface area contributed by atoms with Gasteiger partial charge in [-0.15, -0.1) is 24.0 Å². The summed E-state index contributed by atoms with van der Waals surface area (Å²) in [5, 5.41) is 3.48. The van der Waals surface area contributed by atoms with Crippen LogP contribution in [0.25, 0.3) is 0 Å². The van der Waals surface area contributed by atoms with E-state index in [0.29, 0.717) is 32.2 Å². The maximum Gasteiger partial charge on any atom is 0.243 e. The molecule has 0 aliphatic carbocycles. The number of guanidine groups is 1. The molecule has 2 amide bonds. The van der Waals surface area contributed by atoms with Crippen LogP contribution in [0.3, 0.4) is 0 Å². The number of hydrogen-bond acceptors (Lipinski definition) is 4. The second kappa shape index (κ2) is 10.7. The number of nitrogens with one attached hydrogen (secondary N) is 1. The highest BCUT2D eigenvalue weighted by Crippen LogP contribution is 2.31. The van der Waals surface area contributed by atoms with Gasteiger partial charge in [-0.1, -0.05) is 18.2 Å². The Morgan fingerprint density at radius 2 is 2.07 bits per heavy atom.